The van der Waals surface area contributed by atoms with E-state index in [4.69, 9.17) is 0 Å². The molecule has 1 amide bonds. The van der Waals surface area contributed by atoms with E-state index in [0.717, 1.165) is 16.6 Å². The predicted octanol–water partition coefficient (Wildman–Crippen LogP) is 3.33. The third-order valence-electron chi connectivity index (χ3n) is 3.35. The zero-order valence-electron chi connectivity index (χ0n) is 11.9. The summed E-state index contributed by atoms with van der Waals surface area (Å²) in [5, 5.41) is 10.7. The predicted molar refractivity (Wildman–Crippen MR) is 82.4 cm³/mol. The molecule has 0 saturated carbocycles. The summed E-state index contributed by atoms with van der Waals surface area (Å²) in [6.45, 7) is 4.13. The van der Waals surface area contributed by atoms with Crippen LogP contribution < -0.4 is 5.32 Å². The molecule has 0 bridgehead atoms. The van der Waals surface area contributed by atoms with E-state index in [-0.39, 0.29) is 5.91 Å². The minimum atomic E-state index is -0.185. The molecule has 1 aromatic carbocycles. The molecule has 0 radical (unpaired) electrons. The smallest absolute Gasteiger partial charge is 0.257 e. The maximum absolute atomic E-state index is 12.4. The highest BCUT2D eigenvalue weighted by atomic mass is 16.1. The maximum Gasteiger partial charge on any atom is 0.257 e. The van der Waals surface area contributed by atoms with E-state index < -0.39 is 0 Å². The average molecular weight is 280 g/mol. The van der Waals surface area contributed by atoms with E-state index in [9.17, 15) is 4.79 Å². The standard InChI is InChI=1S/C16H16N4O/c1-10(2)14-9-15(20-19-14)18-16(21)12-5-3-7-13-11(12)6-4-8-17-13/h3-10H,1-2H3,(H2,18,19,20,21). The van der Waals surface area contributed by atoms with Crippen molar-refractivity contribution in [1.82, 2.24) is 15.2 Å². The van der Waals surface area contributed by atoms with Gasteiger partial charge in [0.15, 0.2) is 5.82 Å². The van der Waals surface area contributed by atoms with Crippen LogP contribution in [0.5, 0.6) is 0 Å². The second kappa shape index (κ2) is 5.36. The lowest BCUT2D eigenvalue weighted by atomic mass is 10.1. The molecule has 0 fully saturated rings. The van der Waals surface area contributed by atoms with Crippen molar-refractivity contribution in [3.8, 4) is 0 Å². The van der Waals surface area contributed by atoms with Crippen LogP contribution in [0, 0.1) is 0 Å². The van der Waals surface area contributed by atoms with Gasteiger partial charge in [0.25, 0.3) is 5.91 Å². The molecule has 0 saturated heterocycles. The fourth-order valence-electron chi connectivity index (χ4n) is 2.18. The summed E-state index contributed by atoms with van der Waals surface area (Å²) in [7, 11) is 0. The summed E-state index contributed by atoms with van der Waals surface area (Å²) in [5.41, 5.74) is 2.38. The number of amides is 1. The molecule has 0 spiro atoms. The first-order valence-electron chi connectivity index (χ1n) is 6.85. The molecule has 0 aliphatic heterocycles. The summed E-state index contributed by atoms with van der Waals surface area (Å²) >= 11 is 0. The number of nitrogens with zero attached hydrogens (tertiary/aromatic N) is 2. The molecule has 106 valence electrons. The average Bonchev–Trinajstić information content (AvgIpc) is 2.95. The van der Waals surface area contributed by atoms with Crippen molar-refractivity contribution in [1.29, 1.82) is 0 Å². The van der Waals surface area contributed by atoms with Gasteiger partial charge in [-0.25, -0.2) is 0 Å². The second-order valence-electron chi connectivity index (χ2n) is 5.19. The number of rotatable bonds is 3. The summed E-state index contributed by atoms with van der Waals surface area (Å²) in [6, 6.07) is 11.1. The number of fused-ring (bicyclic) bond motifs is 1. The molecule has 0 unspecified atom stereocenters. The van der Waals surface area contributed by atoms with Gasteiger partial charge in [0.2, 0.25) is 0 Å². The van der Waals surface area contributed by atoms with Crippen LogP contribution in [0.25, 0.3) is 10.9 Å². The second-order valence-corrected chi connectivity index (χ2v) is 5.19. The summed E-state index contributed by atoms with van der Waals surface area (Å²) < 4.78 is 0. The molecule has 5 nitrogen and oxygen atoms in total. The van der Waals surface area contributed by atoms with Gasteiger partial charge in [-0.3, -0.25) is 14.9 Å². The molecule has 2 N–H and O–H groups in total. The molecular weight excluding hydrogens is 264 g/mol. The first-order valence-corrected chi connectivity index (χ1v) is 6.85. The van der Waals surface area contributed by atoms with Crippen molar-refractivity contribution in [3.63, 3.8) is 0 Å². The molecule has 0 atom stereocenters. The van der Waals surface area contributed by atoms with Crippen molar-refractivity contribution in [2.45, 2.75) is 19.8 Å². The molecule has 0 aliphatic carbocycles. The molecule has 3 rings (SSSR count). The fraction of sp³-hybridized carbons (Fsp3) is 0.188. The number of carbonyl (C=O) groups is 1. The van der Waals surface area contributed by atoms with Crippen molar-refractivity contribution in [2.75, 3.05) is 5.32 Å². The van der Waals surface area contributed by atoms with E-state index >= 15 is 0 Å². The highest BCUT2D eigenvalue weighted by molar-refractivity contribution is 6.12. The largest absolute Gasteiger partial charge is 0.305 e. The Labute approximate surface area is 122 Å². The van der Waals surface area contributed by atoms with Gasteiger partial charge < -0.3 is 5.32 Å². The van der Waals surface area contributed by atoms with Crippen LogP contribution in [0.3, 0.4) is 0 Å². The lowest BCUT2D eigenvalue weighted by molar-refractivity contribution is 0.102. The number of hydrogen-bond donors (Lipinski definition) is 2. The molecule has 3 aromatic rings. The Morgan fingerprint density at radius 2 is 2.10 bits per heavy atom. The van der Waals surface area contributed by atoms with Crippen LogP contribution >= 0.6 is 0 Å². The summed E-state index contributed by atoms with van der Waals surface area (Å²) in [5.74, 6) is 0.685. The van der Waals surface area contributed by atoms with E-state index in [1.165, 1.54) is 0 Å². The summed E-state index contributed by atoms with van der Waals surface area (Å²) in [6.07, 6.45) is 1.71. The number of H-pyrrole nitrogens is 1. The monoisotopic (exact) mass is 280 g/mol. The first-order chi connectivity index (χ1) is 10.1. The van der Waals surface area contributed by atoms with Crippen molar-refractivity contribution in [3.05, 3.63) is 53.9 Å². The van der Waals surface area contributed by atoms with Crippen molar-refractivity contribution < 1.29 is 4.79 Å². The number of benzene rings is 1. The number of hydrogen-bond acceptors (Lipinski definition) is 3. The van der Waals surface area contributed by atoms with Gasteiger partial charge in [0.1, 0.15) is 0 Å². The van der Waals surface area contributed by atoms with Gasteiger partial charge in [0, 0.05) is 28.9 Å². The minimum absolute atomic E-state index is 0.185. The van der Waals surface area contributed by atoms with Crippen molar-refractivity contribution >= 4 is 22.6 Å². The van der Waals surface area contributed by atoms with Gasteiger partial charge in [-0.05, 0) is 24.1 Å². The molecule has 2 aromatic heterocycles. The maximum atomic E-state index is 12.4. The number of carbonyl (C=O) groups excluding carboxylic acids is 1. The fourth-order valence-corrected chi connectivity index (χ4v) is 2.18. The molecule has 21 heavy (non-hydrogen) atoms. The van der Waals surface area contributed by atoms with Gasteiger partial charge in [-0.1, -0.05) is 26.0 Å². The van der Waals surface area contributed by atoms with Gasteiger partial charge in [0.05, 0.1) is 5.52 Å². The number of anilines is 1. The van der Waals surface area contributed by atoms with E-state index in [1.54, 1.807) is 12.3 Å². The normalized spacial score (nSPS) is 11.0. The van der Waals surface area contributed by atoms with Crippen LogP contribution in [0.2, 0.25) is 0 Å². The Morgan fingerprint density at radius 3 is 2.86 bits per heavy atom. The van der Waals surface area contributed by atoms with Crippen LogP contribution in [-0.2, 0) is 0 Å². The third kappa shape index (κ3) is 2.63. The Hall–Kier alpha value is -2.69. The zero-order chi connectivity index (χ0) is 14.8. The molecule has 2 heterocycles. The van der Waals surface area contributed by atoms with Gasteiger partial charge >= 0.3 is 0 Å². The number of pyridine rings is 1. The Kier molecular flexibility index (Phi) is 3.39. The van der Waals surface area contributed by atoms with Crippen LogP contribution in [-0.4, -0.2) is 21.1 Å². The summed E-state index contributed by atoms with van der Waals surface area (Å²) in [4.78, 5) is 16.7. The Morgan fingerprint density at radius 1 is 1.24 bits per heavy atom. The minimum Gasteiger partial charge on any atom is -0.305 e. The molecule has 0 aliphatic rings. The van der Waals surface area contributed by atoms with Crippen LogP contribution in [0.4, 0.5) is 5.82 Å². The quantitative estimate of drug-likeness (QED) is 0.773. The lowest BCUT2D eigenvalue weighted by Gasteiger charge is -2.05. The van der Waals surface area contributed by atoms with E-state index in [1.807, 2.05) is 30.3 Å². The zero-order valence-corrected chi connectivity index (χ0v) is 11.9. The highest BCUT2D eigenvalue weighted by Crippen LogP contribution is 2.19. The highest BCUT2D eigenvalue weighted by Gasteiger charge is 2.12. The SMILES string of the molecule is CC(C)c1cc(NC(=O)c2cccc3ncccc23)n[nH]1. The van der Waals surface area contributed by atoms with E-state index in [0.29, 0.717) is 17.3 Å². The van der Waals surface area contributed by atoms with E-state index in [2.05, 4.69) is 34.3 Å². The van der Waals surface area contributed by atoms with Gasteiger partial charge in [-0.15, -0.1) is 0 Å². The molecule has 5 heteroatoms. The van der Waals surface area contributed by atoms with Gasteiger partial charge in [-0.2, -0.15) is 5.10 Å². The molecular formula is C16H16N4O. The van der Waals surface area contributed by atoms with Crippen molar-refractivity contribution in [2.24, 2.45) is 0 Å². The third-order valence-corrected chi connectivity index (χ3v) is 3.35. The Bertz CT molecular complexity index is 786. The number of nitrogens with one attached hydrogen (secondary N) is 2. The number of aromatic amines is 1. The number of aromatic nitrogens is 3. The first kappa shape index (κ1) is 13.3. The van der Waals surface area contributed by atoms with Crippen LogP contribution in [0.1, 0.15) is 35.8 Å². The topological polar surface area (TPSA) is 70.7 Å². The Balaban J connectivity index is 1.90. The van der Waals surface area contributed by atoms with Crippen LogP contribution in [0.15, 0.2) is 42.6 Å². The lowest BCUT2D eigenvalue weighted by Crippen LogP contribution is -2.12.